The molecule has 0 saturated carbocycles. The van der Waals surface area contributed by atoms with Crippen molar-refractivity contribution in [2.75, 3.05) is 40.4 Å². The summed E-state index contributed by atoms with van der Waals surface area (Å²) >= 11 is 0. The summed E-state index contributed by atoms with van der Waals surface area (Å²) in [6.45, 7) is 12.0. The van der Waals surface area contributed by atoms with Crippen molar-refractivity contribution in [2.45, 2.75) is 83.8 Å². The number of nitrogens with two attached hydrogens (primary N) is 1. The Bertz CT molecular complexity index is 2560. The molecule has 2 aliphatic heterocycles. The van der Waals surface area contributed by atoms with Crippen LogP contribution in [0.4, 0.5) is 0 Å². The number of hydrogen-bond donors (Lipinski definition) is 4. The molecule has 2 saturated heterocycles. The number of carbonyl (C=O) groups excluding carboxylic acids is 1. The maximum atomic E-state index is 12.9. The van der Waals surface area contributed by atoms with Crippen LogP contribution in [-0.4, -0.2) is 101 Å². The summed E-state index contributed by atoms with van der Waals surface area (Å²) in [6, 6.07) is 31.8. The molecule has 0 aliphatic carbocycles. The molecule has 16 heteroatoms. The molecule has 15 nitrogen and oxygen atoms in total. The van der Waals surface area contributed by atoms with E-state index in [4.69, 9.17) is 20.3 Å². The van der Waals surface area contributed by atoms with E-state index >= 15 is 0 Å². The lowest BCUT2D eigenvalue weighted by Crippen LogP contribution is -2.48. The quantitative estimate of drug-likeness (QED) is 0.0977. The third-order valence-electron chi connectivity index (χ3n) is 11.8. The van der Waals surface area contributed by atoms with Gasteiger partial charge in [0.2, 0.25) is 10.0 Å². The highest BCUT2D eigenvalue weighted by atomic mass is 32.2. The Morgan fingerprint density at radius 2 is 1.24 bits per heavy atom. The van der Waals surface area contributed by atoms with Crippen LogP contribution in [0.1, 0.15) is 86.2 Å². The number of nitrogens with one attached hydrogen (secondary N) is 1. The lowest BCUT2D eigenvalue weighted by Gasteiger charge is -2.39. The van der Waals surface area contributed by atoms with Crippen molar-refractivity contribution in [2.24, 2.45) is 5.73 Å². The molecule has 5 aromatic carbocycles. The van der Waals surface area contributed by atoms with Crippen LogP contribution in [0.25, 0.3) is 11.0 Å². The first-order valence-corrected chi connectivity index (χ1v) is 23.5. The van der Waals surface area contributed by atoms with E-state index in [2.05, 4.69) is 20.5 Å². The van der Waals surface area contributed by atoms with Gasteiger partial charge in [-0.15, -0.1) is 5.10 Å². The van der Waals surface area contributed by atoms with Crippen LogP contribution in [0.2, 0.25) is 0 Å². The largest absolute Gasteiger partial charge is 0.497 e. The number of rotatable bonds is 10. The van der Waals surface area contributed by atoms with Gasteiger partial charge < -0.3 is 35.7 Å². The third kappa shape index (κ3) is 13.6. The number of ether oxygens (including phenoxy) is 2. The summed E-state index contributed by atoms with van der Waals surface area (Å²) in [5, 5.41) is 28.6. The van der Waals surface area contributed by atoms with Crippen molar-refractivity contribution in [3.8, 4) is 11.5 Å². The number of likely N-dealkylation sites (tertiary alicyclic amines) is 1. The fourth-order valence-corrected chi connectivity index (χ4v) is 9.52. The van der Waals surface area contributed by atoms with Crippen LogP contribution in [0.5, 0.6) is 11.5 Å². The minimum atomic E-state index is -3.57. The molecule has 1 amide bonds. The molecular formula is C50H63N7O8S. The van der Waals surface area contributed by atoms with Gasteiger partial charge >= 0.3 is 5.97 Å². The third-order valence-corrected chi connectivity index (χ3v) is 13.7. The molecule has 0 atom stereocenters. The number of methoxy groups -OCH3 is 2. The SMILES string of the molecule is COc1ccc(CN)cc1.COc1ccc(CNC(=O)c2c(C)cccc2C)cc1.Cc1cccc(C)c1C(=O)O.O=S(=O)(c1ccc2nnn(O)c2c1)N1CCC(N2CCCCC2)CC1. The van der Waals surface area contributed by atoms with E-state index in [0.29, 0.717) is 53.7 Å². The van der Waals surface area contributed by atoms with E-state index in [9.17, 15) is 23.2 Å². The van der Waals surface area contributed by atoms with Crippen molar-refractivity contribution in [1.29, 1.82) is 0 Å². The molecule has 3 heterocycles. The number of nitrogens with zero attached hydrogens (tertiary/aromatic N) is 5. The fourth-order valence-electron chi connectivity index (χ4n) is 8.03. The number of fused-ring (bicyclic) bond motifs is 1. The van der Waals surface area contributed by atoms with Crippen LogP contribution in [0, 0.1) is 27.7 Å². The maximum Gasteiger partial charge on any atom is 0.336 e. The molecule has 0 unspecified atom stereocenters. The first-order chi connectivity index (χ1) is 31.7. The molecule has 5 N–H and O–H groups in total. The summed E-state index contributed by atoms with van der Waals surface area (Å²) in [4.78, 5) is 26.2. The summed E-state index contributed by atoms with van der Waals surface area (Å²) in [5.74, 6) is 0.809. The smallest absolute Gasteiger partial charge is 0.336 e. The Balaban J connectivity index is 0.000000177. The Hall–Kier alpha value is -6.33. The van der Waals surface area contributed by atoms with E-state index in [0.717, 1.165) is 76.4 Å². The predicted octanol–water partition coefficient (Wildman–Crippen LogP) is 7.71. The molecule has 8 rings (SSSR count). The maximum absolute atomic E-state index is 12.9. The molecule has 66 heavy (non-hydrogen) atoms. The van der Waals surface area contributed by atoms with Gasteiger partial charge in [0.15, 0.2) is 0 Å². The molecule has 6 aromatic rings. The van der Waals surface area contributed by atoms with Gasteiger partial charge in [0.05, 0.1) is 24.7 Å². The average molecular weight is 922 g/mol. The number of aryl methyl sites for hydroxylation is 4. The van der Waals surface area contributed by atoms with Crippen molar-refractivity contribution < 1.29 is 37.8 Å². The lowest BCUT2D eigenvalue weighted by atomic mass is 10.0. The van der Waals surface area contributed by atoms with E-state index in [1.165, 1.54) is 31.4 Å². The molecule has 1 aromatic heterocycles. The Morgan fingerprint density at radius 1 is 0.727 bits per heavy atom. The van der Waals surface area contributed by atoms with Gasteiger partial charge in [-0.3, -0.25) is 4.79 Å². The summed E-state index contributed by atoms with van der Waals surface area (Å²) in [7, 11) is -0.281. The zero-order valence-electron chi connectivity index (χ0n) is 38.7. The van der Waals surface area contributed by atoms with Gasteiger partial charge in [-0.2, -0.15) is 4.31 Å². The first kappa shape index (κ1) is 50.7. The molecule has 352 valence electrons. The number of aromatic nitrogens is 3. The molecule has 0 spiro atoms. The summed E-state index contributed by atoms with van der Waals surface area (Å²) < 4.78 is 37.5. The monoisotopic (exact) mass is 921 g/mol. The Labute approximate surface area is 388 Å². The van der Waals surface area contributed by atoms with Crippen LogP contribution < -0.4 is 20.5 Å². The van der Waals surface area contributed by atoms with Gasteiger partial charge in [-0.25, -0.2) is 13.2 Å². The van der Waals surface area contributed by atoms with Crippen molar-refractivity contribution >= 4 is 32.9 Å². The zero-order chi connectivity index (χ0) is 47.8. The van der Waals surface area contributed by atoms with Crippen LogP contribution >= 0.6 is 0 Å². The molecule has 0 radical (unpaired) electrons. The number of carboxylic acids is 1. The predicted molar refractivity (Wildman–Crippen MR) is 256 cm³/mol. The summed E-state index contributed by atoms with van der Waals surface area (Å²) in [6.07, 6.45) is 5.56. The highest BCUT2D eigenvalue weighted by molar-refractivity contribution is 7.89. The number of carbonyl (C=O) groups is 2. The molecule has 2 fully saturated rings. The van der Waals surface area contributed by atoms with Crippen molar-refractivity contribution in [1.82, 2.24) is 29.7 Å². The summed E-state index contributed by atoms with van der Waals surface area (Å²) in [5.41, 5.74) is 13.1. The minimum absolute atomic E-state index is 0.0311. The highest BCUT2D eigenvalue weighted by Crippen LogP contribution is 2.27. The molecule has 2 aliphatic rings. The second-order valence-electron chi connectivity index (χ2n) is 16.3. The Morgan fingerprint density at radius 3 is 1.73 bits per heavy atom. The number of carboxylic acid groups (broad SMARTS) is 1. The van der Waals surface area contributed by atoms with E-state index in [1.807, 2.05) is 86.6 Å². The second-order valence-corrected chi connectivity index (χ2v) is 18.2. The average Bonchev–Trinajstić information content (AvgIpc) is 3.71. The van der Waals surface area contributed by atoms with Crippen LogP contribution in [-0.2, 0) is 23.1 Å². The first-order valence-electron chi connectivity index (χ1n) is 22.1. The number of piperidine rings is 2. The van der Waals surface area contributed by atoms with E-state index in [-0.39, 0.29) is 10.8 Å². The van der Waals surface area contributed by atoms with Gasteiger partial charge in [0, 0.05) is 37.8 Å². The zero-order valence-corrected chi connectivity index (χ0v) is 39.6. The Kier molecular flexibility index (Phi) is 18.6. The molecular weight excluding hydrogens is 859 g/mol. The second kappa shape index (κ2) is 24.3. The number of hydrogen-bond acceptors (Lipinski definition) is 11. The van der Waals surface area contributed by atoms with Gasteiger partial charge in [-0.1, -0.05) is 71.9 Å². The number of aromatic carboxylic acids is 1. The van der Waals surface area contributed by atoms with E-state index in [1.54, 1.807) is 50.6 Å². The topological polar surface area (TPSA) is 202 Å². The normalized spacial score (nSPS) is 14.3. The van der Waals surface area contributed by atoms with E-state index < -0.39 is 16.0 Å². The van der Waals surface area contributed by atoms with Crippen LogP contribution in [0.3, 0.4) is 0 Å². The number of amides is 1. The van der Waals surface area contributed by atoms with Crippen LogP contribution in [0.15, 0.2) is 108 Å². The van der Waals surface area contributed by atoms with Crippen molar-refractivity contribution in [3.05, 3.63) is 148 Å². The van der Waals surface area contributed by atoms with Gasteiger partial charge in [0.25, 0.3) is 5.91 Å². The fraction of sp³-hybridized carbons (Fsp3) is 0.360. The van der Waals surface area contributed by atoms with Crippen molar-refractivity contribution in [3.63, 3.8) is 0 Å². The minimum Gasteiger partial charge on any atom is -0.497 e. The number of benzene rings is 5. The van der Waals surface area contributed by atoms with Gasteiger partial charge in [-0.05, 0) is 148 Å². The highest BCUT2D eigenvalue weighted by Gasteiger charge is 2.32. The standard InChI is InChI=1S/C17H19NO2.C16H23N5O3S.C9H10O2.C8H11NO/c1-12-5-4-6-13(2)16(12)17(19)18-11-14-7-9-15(20-3)10-8-14;22-21-16-12-14(4-5-15(16)17-18-21)25(23,24)20-10-6-13(7-11-20)19-8-2-1-3-9-19;1-6-4-3-5-7(2)8(6)9(10)11;1-10-8-4-2-7(6-9)3-5-8/h4-10H,11H2,1-3H3,(H,18,19);4-5,12-13,22H,1-3,6-11H2;3-5H,1-2H3,(H,10,11);2-5H,6,9H2,1H3. The van der Waals surface area contributed by atoms with Gasteiger partial charge in [0.1, 0.15) is 22.5 Å². The lowest BCUT2D eigenvalue weighted by molar-refractivity contribution is 0.0695. The molecule has 0 bridgehead atoms. The number of sulfonamides is 1.